The number of carboxylic acid groups (broad SMARTS) is 1. The summed E-state index contributed by atoms with van der Waals surface area (Å²) in [4.78, 5) is 24.5. The third kappa shape index (κ3) is 3.78. The van der Waals surface area contributed by atoms with Crippen molar-refractivity contribution in [2.24, 2.45) is 5.92 Å². The molecule has 0 saturated heterocycles. The highest BCUT2D eigenvalue weighted by Gasteiger charge is 2.31. The van der Waals surface area contributed by atoms with Crippen LogP contribution in [-0.2, 0) is 11.3 Å². The van der Waals surface area contributed by atoms with Gasteiger partial charge in [0.15, 0.2) is 0 Å². The lowest BCUT2D eigenvalue weighted by molar-refractivity contribution is -0.141. The van der Waals surface area contributed by atoms with E-state index in [0.29, 0.717) is 5.92 Å². The predicted molar refractivity (Wildman–Crippen MR) is 82.9 cm³/mol. The minimum absolute atomic E-state index is 0.170. The lowest BCUT2D eigenvalue weighted by atomic mass is 10.2. The normalized spacial score (nSPS) is 15.4. The zero-order valence-corrected chi connectivity index (χ0v) is 13.4. The standard InChI is InChI=1S/C15H24N4O3/c1-4-7-19-13(11-5-6-11)12(8-16-19)17-15(22)18(3)9-10(2)14(20)21/h8,10-11H,4-7,9H2,1-3H3,(H,17,22)(H,20,21). The van der Waals surface area contributed by atoms with Crippen LogP contribution in [0.25, 0.3) is 0 Å². The summed E-state index contributed by atoms with van der Waals surface area (Å²) in [5.41, 5.74) is 1.84. The highest BCUT2D eigenvalue weighted by atomic mass is 16.4. The van der Waals surface area contributed by atoms with E-state index in [4.69, 9.17) is 5.11 Å². The van der Waals surface area contributed by atoms with Crippen molar-refractivity contribution in [1.82, 2.24) is 14.7 Å². The fourth-order valence-corrected chi connectivity index (χ4v) is 2.45. The molecule has 22 heavy (non-hydrogen) atoms. The minimum Gasteiger partial charge on any atom is -0.481 e. The fraction of sp³-hybridized carbons (Fsp3) is 0.667. The Morgan fingerprint density at radius 1 is 1.55 bits per heavy atom. The number of urea groups is 1. The summed E-state index contributed by atoms with van der Waals surface area (Å²) < 4.78 is 1.97. The molecule has 7 heteroatoms. The number of rotatable bonds is 7. The SMILES string of the molecule is CCCn1ncc(NC(=O)N(C)CC(C)C(=O)O)c1C1CC1. The van der Waals surface area contributed by atoms with Gasteiger partial charge in [0.1, 0.15) is 0 Å². The number of aromatic nitrogens is 2. The van der Waals surface area contributed by atoms with Crippen molar-refractivity contribution in [3.63, 3.8) is 0 Å². The van der Waals surface area contributed by atoms with Crippen molar-refractivity contribution in [3.05, 3.63) is 11.9 Å². The van der Waals surface area contributed by atoms with Gasteiger partial charge < -0.3 is 15.3 Å². The van der Waals surface area contributed by atoms with Gasteiger partial charge in [-0.25, -0.2) is 4.79 Å². The van der Waals surface area contributed by atoms with E-state index in [1.165, 1.54) is 4.90 Å². The summed E-state index contributed by atoms with van der Waals surface area (Å²) in [7, 11) is 1.60. The molecule has 7 nitrogen and oxygen atoms in total. The topological polar surface area (TPSA) is 87.5 Å². The molecule has 1 saturated carbocycles. The Bertz CT molecular complexity index is 551. The third-order valence-electron chi connectivity index (χ3n) is 3.84. The summed E-state index contributed by atoms with van der Waals surface area (Å²) in [5.74, 6) is -1.02. The van der Waals surface area contributed by atoms with Crippen molar-refractivity contribution in [3.8, 4) is 0 Å². The van der Waals surface area contributed by atoms with Gasteiger partial charge in [-0.3, -0.25) is 9.48 Å². The van der Waals surface area contributed by atoms with Gasteiger partial charge in [0.25, 0.3) is 0 Å². The molecule has 2 N–H and O–H groups in total. The van der Waals surface area contributed by atoms with Gasteiger partial charge in [-0.2, -0.15) is 5.10 Å². The number of aryl methyl sites for hydroxylation is 1. The Kier molecular flexibility index (Phi) is 5.05. The third-order valence-corrected chi connectivity index (χ3v) is 3.84. The zero-order chi connectivity index (χ0) is 16.3. The quantitative estimate of drug-likeness (QED) is 0.809. The monoisotopic (exact) mass is 308 g/mol. The molecule has 2 amide bonds. The van der Waals surface area contributed by atoms with Crippen LogP contribution in [0, 0.1) is 5.92 Å². The van der Waals surface area contributed by atoms with E-state index >= 15 is 0 Å². The van der Waals surface area contributed by atoms with Crippen molar-refractivity contribution in [1.29, 1.82) is 0 Å². The van der Waals surface area contributed by atoms with Crippen LogP contribution in [0.4, 0.5) is 10.5 Å². The van der Waals surface area contributed by atoms with Crippen LogP contribution >= 0.6 is 0 Å². The molecule has 0 radical (unpaired) electrons. The molecule has 1 atom stereocenters. The lowest BCUT2D eigenvalue weighted by Gasteiger charge is -2.20. The Morgan fingerprint density at radius 2 is 2.23 bits per heavy atom. The van der Waals surface area contributed by atoms with Crippen molar-refractivity contribution in [2.45, 2.75) is 45.6 Å². The van der Waals surface area contributed by atoms with Crippen LogP contribution in [0.15, 0.2) is 6.20 Å². The molecule has 1 unspecified atom stereocenters. The Morgan fingerprint density at radius 3 is 2.77 bits per heavy atom. The molecule has 1 heterocycles. The average molecular weight is 308 g/mol. The second-order valence-electron chi connectivity index (χ2n) is 5.99. The van der Waals surface area contributed by atoms with Gasteiger partial charge in [-0.1, -0.05) is 13.8 Å². The van der Waals surface area contributed by atoms with Crippen LogP contribution in [0.5, 0.6) is 0 Å². The van der Waals surface area contributed by atoms with E-state index in [1.807, 2.05) is 4.68 Å². The number of nitrogens with one attached hydrogen (secondary N) is 1. The second kappa shape index (κ2) is 6.81. The number of carbonyl (C=O) groups excluding carboxylic acids is 1. The number of carbonyl (C=O) groups is 2. The molecule has 1 aromatic rings. The maximum absolute atomic E-state index is 12.2. The summed E-state index contributed by atoms with van der Waals surface area (Å²) in [6, 6.07) is -0.300. The number of amides is 2. The first-order chi connectivity index (χ1) is 10.4. The summed E-state index contributed by atoms with van der Waals surface area (Å²) in [6.07, 6.45) is 4.94. The second-order valence-corrected chi connectivity index (χ2v) is 5.99. The smallest absolute Gasteiger partial charge is 0.321 e. The van der Waals surface area contributed by atoms with E-state index < -0.39 is 11.9 Å². The minimum atomic E-state index is -0.908. The first-order valence-corrected chi connectivity index (χ1v) is 7.74. The summed E-state index contributed by atoms with van der Waals surface area (Å²) in [5, 5.41) is 16.1. The molecule has 1 aliphatic rings. The number of anilines is 1. The van der Waals surface area contributed by atoms with Gasteiger partial charge in [0, 0.05) is 26.1 Å². The molecule has 0 bridgehead atoms. The highest BCUT2D eigenvalue weighted by Crippen LogP contribution is 2.43. The molecule has 0 aromatic carbocycles. The van der Waals surface area contributed by atoms with Gasteiger partial charge >= 0.3 is 12.0 Å². The Hall–Kier alpha value is -2.05. The van der Waals surface area contributed by atoms with Crippen molar-refractivity contribution >= 4 is 17.7 Å². The number of carboxylic acids is 1. The maximum atomic E-state index is 12.2. The van der Waals surface area contributed by atoms with Crippen molar-refractivity contribution in [2.75, 3.05) is 18.9 Å². The van der Waals surface area contributed by atoms with E-state index in [2.05, 4.69) is 17.3 Å². The molecule has 2 rings (SSSR count). The molecular formula is C15H24N4O3. The number of aliphatic carboxylic acids is 1. The predicted octanol–water partition coefficient (Wildman–Crippen LogP) is 2.35. The lowest BCUT2D eigenvalue weighted by Crippen LogP contribution is -2.36. The van der Waals surface area contributed by atoms with E-state index in [-0.39, 0.29) is 12.6 Å². The van der Waals surface area contributed by atoms with Gasteiger partial charge in [0.05, 0.1) is 23.5 Å². The average Bonchev–Trinajstić information content (AvgIpc) is 3.22. The number of nitrogens with zero attached hydrogens (tertiary/aromatic N) is 3. The summed E-state index contributed by atoms with van der Waals surface area (Å²) in [6.45, 7) is 4.69. The molecule has 0 aliphatic heterocycles. The molecule has 0 spiro atoms. The van der Waals surface area contributed by atoms with Crippen LogP contribution in [-0.4, -0.2) is 45.4 Å². The molecule has 122 valence electrons. The molecule has 1 fully saturated rings. The van der Waals surface area contributed by atoms with Crippen LogP contribution in [0.3, 0.4) is 0 Å². The molecular weight excluding hydrogens is 284 g/mol. The first kappa shape index (κ1) is 16.3. The largest absolute Gasteiger partial charge is 0.481 e. The van der Waals surface area contributed by atoms with E-state index in [9.17, 15) is 9.59 Å². The van der Waals surface area contributed by atoms with Gasteiger partial charge in [-0.05, 0) is 19.3 Å². The van der Waals surface area contributed by atoms with E-state index in [1.54, 1.807) is 20.2 Å². The van der Waals surface area contributed by atoms with Crippen LogP contribution < -0.4 is 5.32 Å². The first-order valence-electron chi connectivity index (χ1n) is 7.74. The number of hydrogen-bond donors (Lipinski definition) is 2. The molecule has 1 aliphatic carbocycles. The summed E-state index contributed by atoms with van der Waals surface area (Å²) >= 11 is 0. The maximum Gasteiger partial charge on any atom is 0.321 e. The van der Waals surface area contributed by atoms with Crippen LogP contribution in [0.2, 0.25) is 0 Å². The van der Waals surface area contributed by atoms with Crippen LogP contribution in [0.1, 0.15) is 44.7 Å². The molecule has 1 aromatic heterocycles. The van der Waals surface area contributed by atoms with Gasteiger partial charge in [-0.15, -0.1) is 0 Å². The Labute approximate surface area is 130 Å². The van der Waals surface area contributed by atoms with Gasteiger partial charge in [0.2, 0.25) is 0 Å². The zero-order valence-electron chi connectivity index (χ0n) is 13.4. The van der Waals surface area contributed by atoms with E-state index in [0.717, 1.165) is 37.2 Å². The number of hydrogen-bond acceptors (Lipinski definition) is 3. The fourth-order valence-electron chi connectivity index (χ4n) is 2.45. The Balaban J connectivity index is 2.03. The van der Waals surface area contributed by atoms with Crippen molar-refractivity contribution < 1.29 is 14.7 Å². The highest BCUT2D eigenvalue weighted by molar-refractivity contribution is 5.90.